The largest absolute Gasteiger partial charge is 0.313 e. The smallest absolute Gasteiger partial charge is 0.0537 e. The highest BCUT2D eigenvalue weighted by molar-refractivity contribution is 8.02. The molecule has 0 atom stereocenters. The molecule has 2 heteroatoms. The van der Waals surface area contributed by atoms with Gasteiger partial charge in [-0.15, -0.1) is 0 Å². The van der Waals surface area contributed by atoms with Gasteiger partial charge in [0.1, 0.15) is 0 Å². The summed E-state index contributed by atoms with van der Waals surface area (Å²) in [7, 11) is 0. The topological polar surface area (TPSA) is 4.93 Å². The number of nitrogens with zero attached hydrogens (tertiary/aromatic N) is 1. The molecule has 1 aliphatic rings. The van der Waals surface area contributed by atoms with Crippen molar-refractivity contribution in [2.45, 2.75) is 152 Å². The lowest BCUT2D eigenvalue weighted by Gasteiger charge is -2.27. The van der Waals surface area contributed by atoms with Gasteiger partial charge >= 0.3 is 0 Å². The number of hydrogen-bond acceptors (Lipinski definition) is 1. The van der Waals surface area contributed by atoms with E-state index in [0.29, 0.717) is 0 Å². The van der Waals surface area contributed by atoms with Crippen LogP contribution in [0.15, 0.2) is 125 Å². The second kappa shape index (κ2) is 19.0. The van der Waals surface area contributed by atoms with Crippen LogP contribution >= 0.6 is 11.8 Å². The van der Waals surface area contributed by atoms with E-state index in [-0.39, 0.29) is 21.7 Å². The predicted molar refractivity (Wildman–Crippen MR) is 267 cm³/mol. The molecule has 59 heavy (non-hydrogen) atoms. The maximum atomic E-state index is 3.78. The van der Waals surface area contributed by atoms with Crippen LogP contribution in [-0.2, 0) is 22.7 Å². The fourth-order valence-corrected chi connectivity index (χ4v) is 8.33. The summed E-state index contributed by atoms with van der Waals surface area (Å²) in [6, 6.07) is 29.8. The fraction of sp³-hybridized carbons (Fsp3) is 0.404. The first-order valence-electron chi connectivity index (χ1n) is 21.8. The molecule has 1 aliphatic carbocycles. The lowest BCUT2D eigenvalue weighted by molar-refractivity contribution is 0.483. The van der Waals surface area contributed by atoms with E-state index in [4.69, 9.17) is 0 Å². The van der Waals surface area contributed by atoms with Crippen LogP contribution in [-0.4, -0.2) is 4.57 Å². The first-order chi connectivity index (χ1) is 27.5. The molecule has 1 nitrogen and oxygen atoms in total. The molecule has 0 unspecified atom stereocenters. The van der Waals surface area contributed by atoms with Crippen molar-refractivity contribution in [2.24, 2.45) is 5.41 Å². The Kier molecular flexibility index (Phi) is 15.2. The standard InChI is InChI=1S/C33H39NS.C22H30.C2H6/c1-9-11-23(2)18-19-35-27-13-10-12-26(22-27)34-30-16-14-24(32(3,4)5)20-28(30)29-21-25(33(6,7)8)15-17-31(29)34;1-15-9-11-17(21(3,4)5)13-19(15)20-14-18(22(6,7)8)12-10-16(20)2;1-2/h9-14,16,18-22H,1,15,17H2,2-8H3;9-14H,1-8H3;1-2H3/b19-18-,23-11-;;. The zero-order valence-electron chi connectivity index (χ0n) is 39.9. The summed E-state index contributed by atoms with van der Waals surface area (Å²) in [5.74, 6) is 0. The number of allylic oxidation sites excluding steroid dienone is 5. The minimum atomic E-state index is 0.121. The average Bonchev–Trinajstić information content (AvgIpc) is 3.48. The molecule has 1 heterocycles. The Bertz CT molecular complexity index is 2280. The summed E-state index contributed by atoms with van der Waals surface area (Å²) in [4.78, 5) is 1.24. The summed E-state index contributed by atoms with van der Waals surface area (Å²) >= 11 is 1.76. The lowest BCUT2D eigenvalue weighted by atomic mass is 9.79. The summed E-state index contributed by atoms with van der Waals surface area (Å²) in [5, 5.41) is 3.53. The average molecular weight is 806 g/mol. The molecule has 0 spiro atoms. The predicted octanol–water partition coefficient (Wildman–Crippen LogP) is 17.6. The highest BCUT2D eigenvalue weighted by Crippen LogP contribution is 2.42. The normalized spacial score (nSPS) is 13.6. The van der Waals surface area contributed by atoms with E-state index in [1.165, 1.54) is 77.3 Å². The van der Waals surface area contributed by atoms with Crippen molar-refractivity contribution < 1.29 is 0 Å². The maximum absolute atomic E-state index is 3.78. The zero-order valence-corrected chi connectivity index (χ0v) is 40.7. The second-order valence-corrected chi connectivity index (χ2v) is 21.2. The Hall–Kier alpha value is -4.27. The number of benzene rings is 4. The van der Waals surface area contributed by atoms with Crippen LogP contribution in [0.4, 0.5) is 0 Å². The third-order valence-electron chi connectivity index (χ3n) is 11.4. The molecule has 0 aliphatic heterocycles. The molecule has 0 radical (unpaired) electrons. The van der Waals surface area contributed by atoms with Gasteiger partial charge in [0.2, 0.25) is 0 Å². The van der Waals surface area contributed by atoms with Crippen LogP contribution in [0.5, 0.6) is 0 Å². The van der Waals surface area contributed by atoms with Crippen molar-refractivity contribution in [3.05, 3.63) is 159 Å². The highest BCUT2D eigenvalue weighted by atomic mass is 32.2. The van der Waals surface area contributed by atoms with Crippen molar-refractivity contribution in [2.75, 3.05) is 0 Å². The third kappa shape index (κ3) is 11.7. The first-order valence-corrected chi connectivity index (χ1v) is 22.7. The summed E-state index contributed by atoms with van der Waals surface area (Å²) in [6.45, 7) is 41.9. The van der Waals surface area contributed by atoms with E-state index >= 15 is 0 Å². The second-order valence-electron chi connectivity index (χ2n) is 20.2. The van der Waals surface area contributed by atoms with Crippen molar-refractivity contribution in [1.82, 2.24) is 4.57 Å². The van der Waals surface area contributed by atoms with Gasteiger partial charge in [0.25, 0.3) is 0 Å². The molecule has 0 saturated carbocycles. The molecular formula is C57H75NS. The van der Waals surface area contributed by atoms with Crippen LogP contribution in [0, 0.1) is 19.3 Å². The minimum Gasteiger partial charge on any atom is -0.313 e. The lowest BCUT2D eigenvalue weighted by Crippen LogP contribution is -2.14. The van der Waals surface area contributed by atoms with Gasteiger partial charge in [-0.1, -0.05) is 199 Å². The molecule has 0 bridgehead atoms. The molecule has 6 rings (SSSR count). The number of hydrogen-bond donors (Lipinski definition) is 0. The van der Waals surface area contributed by atoms with Gasteiger partial charge in [0, 0.05) is 27.2 Å². The van der Waals surface area contributed by atoms with Gasteiger partial charge in [0.05, 0.1) is 5.52 Å². The fourth-order valence-electron chi connectivity index (χ4n) is 7.54. The van der Waals surface area contributed by atoms with E-state index in [1.807, 2.05) is 26.0 Å². The summed E-state index contributed by atoms with van der Waals surface area (Å²) in [5.41, 5.74) is 18.4. The van der Waals surface area contributed by atoms with Crippen LogP contribution in [0.25, 0.3) is 33.8 Å². The number of aromatic nitrogens is 1. The van der Waals surface area contributed by atoms with E-state index in [0.717, 1.165) is 12.8 Å². The molecule has 5 aromatic rings. The summed E-state index contributed by atoms with van der Waals surface area (Å²) in [6.07, 6.45) is 10.7. The number of aryl methyl sites for hydroxylation is 2. The number of fused-ring (bicyclic) bond motifs is 3. The van der Waals surface area contributed by atoms with Gasteiger partial charge in [-0.3, -0.25) is 0 Å². The molecular weight excluding hydrogens is 731 g/mol. The van der Waals surface area contributed by atoms with Gasteiger partial charge in [-0.2, -0.15) is 0 Å². The van der Waals surface area contributed by atoms with Crippen molar-refractivity contribution in [3.63, 3.8) is 0 Å². The Morgan fingerprint density at radius 1 is 0.644 bits per heavy atom. The van der Waals surface area contributed by atoms with E-state index in [9.17, 15) is 0 Å². The highest BCUT2D eigenvalue weighted by Gasteiger charge is 2.27. The van der Waals surface area contributed by atoms with E-state index in [1.54, 1.807) is 17.3 Å². The minimum absolute atomic E-state index is 0.121. The van der Waals surface area contributed by atoms with Gasteiger partial charge in [0.15, 0.2) is 0 Å². The quantitative estimate of drug-likeness (QED) is 0.122. The van der Waals surface area contributed by atoms with Gasteiger partial charge in [-0.05, 0) is 130 Å². The molecule has 0 N–H and O–H groups in total. The number of thioether (sulfide) groups is 1. The molecule has 0 saturated heterocycles. The Balaban J connectivity index is 0.000000276. The van der Waals surface area contributed by atoms with Gasteiger partial charge < -0.3 is 4.57 Å². The zero-order chi connectivity index (χ0) is 44.1. The first kappa shape index (κ1) is 47.4. The Labute approximate surface area is 364 Å². The van der Waals surface area contributed by atoms with Gasteiger partial charge in [-0.25, -0.2) is 0 Å². The Morgan fingerprint density at radius 2 is 1.17 bits per heavy atom. The van der Waals surface area contributed by atoms with Crippen LogP contribution in [0.1, 0.15) is 149 Å². The van der Waals surface area contributed by atoms with Crippen LogP contribution < -0.4 is 0 Å². The van der Waals surface area contributed by atoms with E-state index in [2.05, 4.69) is 211 Å². The SMILES string of the molecule is C=C/C=C(C)\C=C/Sc1cccc(-n2c3c(c4cc(C(C)(C)C)ccc42)C=C(C(C)(C)C)CC3)c1.CC.Cc1ccc(C(C)(C)C)cc1-c1cc(C(C)(C)C)ccc1C. The van der Waals surface area contributed by atoms with Crippen molar-refractivity contribution in [3.8, 4) is 16.8 Å². The molecule has 4 aromatic carbocycles. The van der Waals surface area contributed by atoms with Crippen LogP contribution in [0.3, 0.4) is 0 Å². The molecule has 314 valence electrons. The Morgan fingerprint density at radius 3 is 1.68 bits per heavy atom. The molecule has 1 aromatic heterocycles. The summed E-state index contributed by atoms with van der Waals surface area (Å²) < 4.78 is 2.50. The third-order valence-corrected chi connectivity index (χ3v) is 12.2. The maximum Gasteiger partial charge on any atom is 0.0537 e. The van der Waals surface area contributed by atoms with E-state index < -0.39 is 0 Å². The molecule has 0 fully saturated rings. The monoisotopic (exact) mass is 806 g/mol. The number of rotatable bonds is 6. The van der Waals surface area contributed by atoms with Crippen molar-refractivity contribution in [1.29, 1.82) is 0 Å². The van der Waals surface area contributed by atoms with Crippen molar-refractivity contribution >= 4 is 28.7 Å². The molecule has 0 amide bonds. The van der Waals surface area contributed by atoms with Crippen LogP contribution in [0.2, 0.25) is 0 Å².